The van der Waals surface area contributed by atoms with Gasteiger partial charge in [0.2, 0.25) is 5.76 Å². The molecule has 0 bridgehead atoms. The van der Waals surface area contributed by atoms with Gasteiger partial charge in [0.1, 0.15) is 25.6 Å². The Kier molecular flexibility index (Phi) is 10.1. The Labute approximate surface area is 283 Å². The lowest BCUT2D eigenvalue weighted by atomic mass is 9.85. The van der Waals surface area contributed by atoms with Gasteiger partial charge in [-0.05, 0) is 41.2 Å². The maximum Gasteiger partial charge on any atom is 0.204 e. The van der Waals surface area contributed by atoms with E-state index in [2.05, 4.69) is 54.6 Å². The normalized spacial score (nSPS) is 19.2. The highest BCUT2D eigenvalue weighted by Gasteiger charge is 2.53. The fraction of sp³-hybridized carbons (Fsp3) is 0.286. The van der Waals surface area contributed by atoms with E-state index >= 15 is 0 Å². The predicted octanol–water partition coefficient (Wildman–Crippen LogP) is 9.37. The molecule has 2 aliphatic heterocycles. The van der Waals surface area contributed by atoms with Crippen LogP contribution < -0.4 is 0 Å². The minimum atomic E-state index is -0.901. The number of hydrogen-bond acceptors (Lipinski definition) is 6. The zero-order valence-corrected chi connectivity index (χ0v) is 27.3. The monoisotopic (exact) mass is 641 g/mol. The van der Waals surface area contributed by atoms with E-state index < -0.39 is 5.54 Å². The molecule has 48 heavy (non-hydrogen) atoms. The highest BCUT2D eigenvalue weighted by atomic mass is 16.7. The molecule has 4 aromatic rings. The molecule has 246 valence electrons. The lowest BCUT2D eigenvalue weighted by molar-refractivity contribution is -0.150. The Morgan fingerprint density at radius 1 is 0.583 bits per heavy atom. The van der Waals surface area contributed by atoms with Gasteiger partial charge >= 0.3 is 0 Å². The van der Waals surface area contributed by atoms with Gasteiger partial charge < -0.3 is 23.8 Å². The molecule has 1 atom stereocenters. The molecular weight excluding hydrogens is 598 g/mol. The zero-order chi connectivity index (χ0) is 32.4. The van der Waals surface area contributed by atoms with Crippen molar-refractivity contribution in [3.8, 4) is 0 Å². The van der Waals surface area contributed by atoms with Crippen molar-refractivity contribution in [3.05, 3.63) is 179 Å². The first-order chi connectivity index (χ1) is 23.8. The van der Waals surface area contributed by atoms with Crippen molar-refractivity contribution in [1.29, 1.82) is 0 Å². The van der Waals surface area contributed by atoms with Crippen LogP contribution in [0.2, 0.25) is 0 Å². The molecule has 0 aromatic heterocycles. The van der Waals surface area contributed by atoms with Gasteiger partial charge in [-0.15, -0.1) is 0 Å². The molecule has 6 heteroatoms. The second-order valence-electron chi connectivity index (χ2n) is 12.7. The molecule has 0 saturated heterocycles. The summed E-state index contributed by atoms with van der Waals surface area (Å²) in [4.78, 5) is 6.78. The van der Waals surface area contributed by atoms with Gasteiger partial charge in [0.05, 0.1) is 19.4 Å². The summed E-state index contributed by atoms with van der Waals surface area (Å²) in [6, 6.07) is 40.8. The van der Waals surface area contributed by atoms with Crippen LogP contribution in [-0.4, -0.2) is 17.2 Å². The molecule has 4 aromatic carbocycles. The van der Waals surface area contributed by atoms with Crippen molar-refractivity contribution in [2.45, 2.75) is 64.1 Å². The third kappa shape index (κ3) is 7.45. The van der Waals surface area contributed by atoms with E-state index in [1.54, 1.807) is 0 Å². The number of fused-ring (bicyclic) bond motifs is 1. The average Bonchev–Trinajstić information content (AvgIpc) is 3.53. The molecular formula is C42H43NO5. The van der Waals surface area contributed by atoms with Crippen LogP contribution in [0.3, 0.4) is 0 Å². The molecule has 1 aliphatic carbocycles. The molecule has 7 rings (SSSR count). The number of benzene rings is 4. The summed E-state index contributed by atoms with van der Waals surface area (Å²) in [6.45, 7) is 1.81. The maximum absolute atomic E-state index is 6.90. The van der Waals surface area contributed by atoms with Crippen LogP contribution in [-0.2, 0) is 50.2 Å². The van der Waals surface area contributed by atoms with E-state index in [4.69, 9.17) is 23.8 Å². The fourth-order valence-electron chi connectivity index (χ4n) is 6.57. The summed E-state index contributed by atoms with van der Waals surface area (Å²) in [7, 11) is 0. The van der Waals surface area contributed by atoms with Gasteiger partial charge in [0, 0.05) is 5.92 Å². The van der Waals surface area contributed by atoms with E-state index in [1.807, 2.05) is 84.1 Å². The molecule has 1 saturated carbocycles. The van der Waals surface area contributed by atoms with Crippen LogP contribution >= 0.6 is 0 Å². The lowest BCUT2D eigenvalue weighted by Crippen LogP contribution is -2.49. The molecule has 0 radical (unpaired) electrons. The van der Waals surface area contributed by atoms with Crippen molar-refractivity contribution >= 4 is 0 Å². The van der Waals surface area contributed by atoms with Gasteiger partial charge in [0.15, 0.2) is 17.1 Å². The van der Waals surface area contributed by atoms with E-state index in [0.29, 0.717) is 56.2 Å². The summed E-state index contributed by atoms with van der Waals surface area (Å²) >= 11 is 0. The van der Waals surface area contributed by atoms with E-state index in [0.717, 1.165) is 40.9 Å². The maximum atomic E-state index is 6.90. The Bertz CT molecular complexity index is 1700. The van der Waals surface area contributed by atoms with Gasteiger partial charge in [-0.1, -0.05) is 141 Å². The Morgan fingerprint density at radius 3 is 1.65 bits per heavy atom. The van der Waals surface area contributed by atoms with Gasteiger partial charge in [-0.2, -0.15) is 5.06 Å². The molecule has 0 unspecified atom stereocenters. The standard InChI is InChI=1S/C42H43NO5/c1-6-16-33(17-7-1)28-44-32-42-26-38(37-24-14-5-15-25-37)48-43(42)27-39(45-29-34-18-8-2-9-19-34)40(46-30-35-20-10-3-11-21-35)41(42)47-31-36-22-12-4-13-23-36/h1-4,6-13,16-23,26-27,37H,5,14-15,24-25,28-32H2/t42-/m1/s1. The third-order valence-electron chi connectivity index (χ3n) is 9.17. The largest absolute Gasteiger partial charge is 0.486 e. The summed E-state index contributed by atoms with van der Waals surface area (Å²) in [5.41, 5.74) is 3.36. The van der Waals surface area contributed by atoms with Crippen LogP contribution in [0.15, 0.2) is 157 Å². The van der Waals surface area contributed by atoms with Crippen molar-refractivity contribution in [1.82, 2.24) is 5.06 Å². The SMILES string of the molecule is C1=C(OCc2ccccc2)C(OCc2ccccc2)=C(OCc2ccccc2)[C@]2(COCc3ccccc3)C=C(C3CCCCC3)ON12. The fourth-order valence-corrected chi connectivity index (χ4v) is 6.57. The topological polar surface area (TPSA) is 49.4 Å². The highest BCUT2D eigenvalue weighted by molar-refractivity contribution is 5.42. The highest BCUT2D eigenvalue weighted by Crippen LogP contribution is 2.47. The number of hydrogen-bond donors (Lipinski definition) is 0. The minimum Gasteiger partial charge on any atom is -0.486 e. The zero-order valence-electron chi connectivity index (χ0n) is 27.3. The molecule has 3 aliphatic rings. The molecule has 0 N–H and O–H groups in total. The quantitative estimate of drug-likeness (QED) is 0.137. The minimum absolute atomic E-state index is 0.295. The second-order valence-corrected chi connectivity index (χ2v) is 12.7. The van der Waals surface area contributed by atoms with Crippen molar-refractivity contribution in [3.63, 3.8) is 0 Å². The summed E-state index contributed by atoms with van der Waals surface area (Å²) in [6.07, 6.45) is 10.0. The smallest absolute Gasteiger partial charge is 0.204 e. The number of allylic oxidation sites excluding steroid dienone is 1. The molecule has 1 fully saturated rings. The molecule has 0 amide bonds. The first-order valence-electron chi connectivity index (χ1n) is 17.1. The van der Waals surface area contributed by atoms with Crippen molar-refractivity contribution in [2.75, 3.05) is 6.61 Å². The first-order valence-corrected chi connectivity index (χ1v) is 17.1. The predicted molar refractivity (Wildman–Crippen MR) is 185 cm³/mol. The lowest BCUT2D eigenvalue weighted by Gasteiger charge is -2.40. The number of ether oxygens (including phenoxy) is 4. The molecule has 6 nitrogen and oxygen atoms in total. The van der Waals surface area contributed by atoms with Gasteiger partial charge in [-0.3, -0.25) is 0 Å². The third-order valence-corrected chi connectivity index (χ3v) is 9.17. The van der Waals surface area contributed by atoms with Gasteiger partial charge in [0.25, 0.3) is 0 Å². The summed E-state index contributed by atoms with van der Waals surface area (Å²) < 4.78 is 26.8. The Balaban J connectivity index is 1.30. The van der Waals surface area contributed by atoms with Crippen molar-refractivity contribution < 1.29 is 23.8 Å². The summed E-state index contributed by atoms with van der Waals surface area (Å²) in [5, 5.41) is 1.89. The van der Waals surface area contributed by atoms with Crippen LogP contribution in [0.4, 0.5) is 0 Å². The van der Waals surface area contributed by atoms with Crippen molar-refractivity contribution in [2.24, 2.45) is 5.92 Å². The summed E-state index contributed by atoms with van der Waals surface area (Å²) in [5.74, 6) is 3.01. The Morgan fingerprint density at radius 2 is 1.08 bits per heavy atom. The van der Waals surface area contributed by atoms with E-state index in [-0.39, 0.29) is 0 Å². The number of hydroxylamine groups is 2. The molecule has 0 spiro atoms. The molecule has 2 heterocycles. The van der Waals surface area contributed by atoms with Crippen LogP contribution in [0, 0.1) is 5.92 Å². The number of nitrogens with zero attached hydrogens (tertiary/aromatic N) is 1. The van der Waals surface area contributed by atoms with Crippen LogP contribution in [0.25, 0.3) is 0 Å². The van der Waals surface area contributed by atoms with Gasteiger partial charge in [-0.25, -0.2) is 0 Å². The number of rotatable bonds is 14. The van der Waals surface area contributed by atoms with E-state index in [9.17, 15) is 0 Å². The van der Waals surface area contributed by atoms with Crippen LogP contribution in [0.5, 0.6) is 0 Å². The second kappa shape index (κ2) is 15.3. The van der Waals surface area contributed by atoms with E-state index in [1.165, 1.54) is 19.3 Å². The van der Waals surface area contributed by atoms with Crippen LogP contribution in [0.1, 0.15) is 54.4 Å². The first kappa shape index (κ1) is 31.6. The Hall–Kier alpha value is -4.94. The average molecular weight is 642 g/mol.